The molecule has 2 aliphatic heterocycles. The lowest BCUT2D eigenvalue weighted by Crippen LogP contribution is -2.52. The molecule has 3 heterocycles. The molecule has 0 spiro atoms. The molecular formula is C20H21F2N5O4S. The third-order valence-corrected chi connectivity index (χ3v) is 6.19. The predicted octanol–water partition coefficient (Wildman–Crippen LogP) is 1.89. The summed E-state index contributed by atoms with van der Waals surface area (Å²) in [6.45, 7) is 0.302. The van der Waals surface area contributed by atoms with Gasteiger partial charge in [0.1, 0.15) is 18.1 Å². The highest BCUT2D eigenvalue weighted by Crippen LogP contribution is 2.50. The Morgan fingerprint density at radius 2 is 2.16 bits per heavy atom. The van der Waals surface area contributed by atoms with Gasteiger partial charge in [0.25, 0.3) is 5.91 Å². The molecule has 3 N–H and O–H groups in total. The number of nitrogens with one attached hydrogen (secondary N) is 1. The van der Waals surface area contributed by atoms with Crippen molar-refractivity contribution < 1.29 is 27.8 Å². The molecule has 12 heteroatoms. The Hall–Kier alpha value is -2.83. The molecule has 4 rings (SSSR count). The summed E-state index contributed by atoms with van der Waals surface area (Å²) in [5.41, 5.74) is 2.52. The average molecular weight is 465 g/mol. The molecule has 2 atom stereocenters. The third-order valence-electron chi connectivity index (χ3n) is 5.20. The Morgan fingerprint density at radius 3 is 2.91 bits per heavy atom. The molecule has 0 aliphatic carbocycles. The van der Waals surface area contributed by atoms with Crippen LogP contribution in [0.2, 0.25) is 0 Å². The second-order valence-corrected chi connectivity index (χ2v) is 8.28. The molecule has 0 radical (unpaired) electrons. The van der Waals surface area contributed by atoms with Crippen molar-refractivity contribution in [1.82, 2.24) is 9.97 Å². The minimum Gasteiger partial charge on any atom is -0.474 e. The first-order valence-corrected chi connectivity index (χ1v) is 10.7. The second kappa shape index (κ2) is 8.96. The van der Waals surface area contributed by atoms with Crippen LogP contribution in [-0.2, 0) is 15.0 Å². The maximum atomic E-state index is 15.7. The van der Waals surface area contributed by atoms with E-state index < -0.39 is 22.9 Å². The van der Waals surface area contributed by atoms with Crippen molar-refractivity contribution in [2.45, 2.75) is 11.2 Å². The summed E-state index contributed by atoms with van der Waals surface area (Å²) in [4.78, 5) is 24.9. The van der Waals surface area contributed by atoms with Crippen LogP contribution < -0.4 is 15.8 Å². The van der Waals surface area contributed by atoms with Crippen molar-refractivity contribution in [3.8, 4) is 5.88 Å². The number of nitrogens with two attached hydrogens (primary N) is 1. The highest BCUT2D eigenvalue weighted by atomic mass is 32.2. The summed E-state index contributed by atoms with van der Waals surface area (Å²) < 4.78 is 46.0. The lowest BCUT2D eigenvalue weighted by molar-refractivity contribution is 0.102. The van der Waals surface area contributed by atoms with Crippen LogP contribution in [0.1, 0.15) is 16.1 Å². The number of fused-ring (bicyclic) bond motifs is 1. The molecule has 1 aromatic heterocycles. The van der Waals surface area contributed by atoms with Crippen LogP contribution in [0.15, 0.2) is 35.6 Å². The van der Waals surface area contributed by atoms with E-state index in [0.29, 0.717) is 13.2 Å². The van der Waals surface area contributed by atoms with E-state index in [4.69, 9.17) is 19.9 Å². The molecule has 1 fully saturated rings. The van der Waals surface area contributed by atoms with Gasteiger partial charge in [-0.2, -0.15) is 0 Å². The minimum atomic E-state index is -1.92. The van der Waals surface area contributed by atoms with Gasteiger partial charge >= 0.3 is 0 Å². The molecule has 170 valence electrons. The number of benzene rings is 1. The smallest absolute Gasteiger partial charge is 0.275 e. The Bertz CT molecular complexity index is 1040. The van der Waals surface area contributed by atoms with Crippen LogP contribution in [0.25, 0.3) is 0 Å². The first kappa shape index (κ1) is 22.4. The number of carbonyl (C=O) groups excluding carboxylic acids is 1. The fourth-order valence-corrected chi connectivity index (χ4v) is 4.46. The fourth-order valence-electron chi connectivity index (χ4n) is 3.54. The van der Waals surface area contributed by atoms with E-state index in [9.17, 15) is 9.18 Å². The Morgan fingerprint density at radius 1 is 1.31 bits per heavy atom. The summed E-state index contributed by atoms with van der Waals surface area (Å²) in [5.74, 6) is -1.01. The molecule has 0 bridgehead atoms. The highest BCUT2D eigenvalue weighted by molar-refractivity contribution is 8.13. The SMILES string of the molecule is COCCOc1cnc(C(=O)Nc2ccc(F)c(C34COCC3(F)CSC(N)=N4)c2)cn1. The van der Waals surface area contributed by atoms with E-state index in [-0.39, 0.29) is 47.0 Å². The van der Waals surface area contributed by atoms with E-state index in [1.54, 1.807) is 7.11 Å². The van der Waals surface area contributed by atoms with E-state index in [2.05, 4.69) is 20.3 Å². The molecule has 32 heavy (non-hydrogen) atoms. The summed E-state index contributed by atoms with van der Waals surface area (Å²) in [7, 11) is 1.55. The molecule has 2 aliphatic rings. The number of amides is 1. The monoisotopic (exact) mass is 465 g/mol. The van der Waals surface area contributed by atoms with Crippen LogP contribution in [-0.4, -0.2) is 66.0 Å². The van der Waals surface area contributed by atoms with Gasteiger partial charge in [-0.3, -0.25) is 4.79 Å². The van der Waals surface area contributed by atoms with Gasteiger partial charge in [-0.05, 0) is 18.2 Å². The van der Waals surface area contributed by atoms with Gasteiger partial charge in [0, 0.05) is 24.1 Å². The summed E-state index contributed by atoms with van der Waals surface area (Å²) in [5, 5.41) is 2.77. The summed E-state index contributed by atoms with van der Waals surface area (Å²) >= 11 is 1.06. The second-order valence-electron chi connectivity index (χ2n) is 7.29. The normalized spacial score (nSPS) is 24.5. The fraction of sp³-hybridized carbons (Fsp3) is 0.400. The Labute approximate surface area is 186 Å². The largest absolute Gasteiger partial charge is 0.474 e. The number of halogens is 2. The number of nitrogens with zero attached hydrogens (tertiary/aromatic N) is 3. The lowest BCUT2D eigenvalue weighted by Gasteiger charge is -2.38. The molecule has 0 saturated carbocycles. The zero-order chi connectivity index (χ0) is 22.8. The zero-order valence-corrected chi connectivity index (χ0v) is 18.0. The molecule has 1 aromatic carbocycles. The van der Waals surface area contributed by atoms with Gasteiger partial charge in [0.15, 0.2) is 16.4 Å². The van der Waals surface area contributed by atoms with Gasteiger partial charge in [0.2, 0.25) is 5.88 Å². The number of rotatable bonds is 7. The molecule has 1 saturated heterocycles. The number of aromatic nitrogens is 2. The van der Waals surface area contributed by atoms with Crippen molar-refractivity contribution in [3.05, 3.63) is 47.7 Å². The maximum Gasteiger partial charge on any atom is 0.275 e. The first-order valence-electron chi connectivity index (χ1n) is 9.67. The number of ether oxygens (including phenoxy) is 3. The van der Waals surface area contributed by atoms with E-state index in [1.165, 1.54) is 24.5 Å². The van der Waals surface area contributed by atoms with Crippen molar-refractivity contribution in [2.24, 2.45) is 10.7 Å². The van der Waals surface area contributed by atoms with Crippen LogP contribution >= 0.6 is 11.8 Å². The molecular weight excluding hydrogens is 444 g/mol. The average Bonchev–Trinajstić information content (AvgIpc) is 3.13. The van der Waals surface area contributed by atoms with Crippen LogP contribution in [0.4, 0.5) is 14.5 Å². The number of hydrogen-bond acceptors (Lipinski definition) is 9. The predicted molar refractivity (Wildman–Crippen MR) is 114 cm³/mol. The molecule has 2 unspecified atom stereocenters. The lowest BCUT2D eigenvalue weighted by atomic mass is 9.79. The Balaban J connectivity index is 1.56. The van der Waals surface area contributed by atoms with Gasteiger partial charge in [-0.15, -0.1) is 0 Å². The number of amidine groups is 1. The quantitative estimate of drug-likeness (QED) is 0.595. The number of carbonyl (C=O) groups is 1. The highest BCUT2D eigenvalue weighted by Gasteiger charge is 2.61. The van der Waals surface area contributed by atoms with Crippen molar-refractivity contribution in [1.29, 1.82) is 0 Å². The van der Waals surface area contributed by atoms with Gasteiger partial charge in [-0.1, -0.05) is 11.8 Å². The number of methoxy groups -OCH3 is 1. The summed E-state index contributed by atoms with van der Waals surface area (Å²) in [6.07, 6.45) is 2.56. The molecule has 1 amide bonds. The third kappa shape index (κ3) is 4.12. The standard InChI is InChI=1S/C20H21F2N5O4S/c1-29-4-5-31-16-8-24-15(7-25-16)17(28)26-12-2-3-14(21)13(6-12)20-10-30-9-19(20,22)11-32-18(23)27-20/h2-3,6-8H,4-5,9-11H2,1H3,(H2,23,27)(H,26,28). The Kier molecular flexibility index (Phi) is 6.26. The topological polar surface area (TPSA) is 121 Å². The minimum absolute atomic E-state index is 0.00719. The van der Waals surface area contributed by atoms with Crippen molar-refractivity contribution in [2.75, 3.05) is 44.6 Å². The first-order chi connectivity index (χ1) is 15.4. The molecule has 9 nitrogen and oxygen atoms in total. The van der Waals surface area contributed by atoms with Gasteiger partial charge < -0.3 is 25.3 Å². The van der Waals surface area contributed by atoms with E-state index in [1.807, 2.05) is 0 Å². The van der Waals surface area contributed by atoms with Crippen molar-refractivity contribution >= 4 is 28.5 Å². The van der Waals surface area contributed by atoms with Crippen molar-refractivity contribution in [3.63, 3.8) is 0 Å². The van der Waals surface area contributed by atoms with Crippen LogP contribution in [0.5, 0.6) is 5.88 Å². The number of alkyl halides is 1. The van der Waals surface area contributed by atoms with E-state index >= 15 is 4.39 Å². The number of hydrogen-bond donors (Lipinski definition) is 2. The van der Waals surface area contributed by atoms with E-state index in [0.717, 1.165) is 17.8 Å². The van der Waals surface area contributed by atoms with Crippen LogP contribution in [0, 0.1) is 5.82 Å². The molecule has 2 aromatic rings. The zero-order valence-electron chi connectivity index (χ0n) is 17.1. The van der Waals surface area contributed by atoms with Crippen LogP contribution in [0.3, 0.4) is 0 Å². The van der Waals surface area contributed by atoms with Gasteiger partial charge in [-0.25, -0.2) is 23.7 Å². The maximum absolute atomic E-state index is 15.7. The number of aliphatic imine (C=N–C) groups is 1. The number of anilines is 1. The summed E-state index contributed by atoms with van der Waals surface area (Å²) in [6, 6.07) is 3.85. The van der Waals surface area contributed by atoms with Gasteiger partial charge in [0.05, 0.1) is 32.2 Å². The number of thioether (sulfide) groups is 1.